The van der Waals surface area contributed by atoms with Crippen molar-refractivity contribution in [2.45, 2.75) is 13.3 Å². The first-order valence-corrected chi connectivity index (χ1v) is 5.43. The summed E-state index contributed by atoms with van der Waals surface area (Å²) in [5.74, 6) is 0.619. The lowest BCUT2D eigenvalue weighted by atomic mass is 10.2. The van der Waals surface area contributed by atoms with E-state index in [1.165, 1.54) is 0 Å². The lowest BCUT2D eigenvalue weighted by molar-refractivity contribution is 0.0951. The van der Waals surface area contributed by atoms with E-state index in [9.17, 15) is 4.79 Å². The number of aromatic nitrogens is 3. The van der Waals surface area contributed by atoms with Crippen molar-refractivity contribution in [3.05, 3.63) is 29.7 Å². The average Bonchev–Trinajstić information content (AvgIpc) is 2.71. The third-order valence-electron chi connectivity index (χ3n) is 2.46. The van der Waals surface area contributed by atoms with Gasteiger partial charge in [0.25, 0.3) is 5.91 Å². The Morgan fingerprint density at radius 1 is 1.53 bits per heavy atom. The number of aliphatic hydroxyl groups is 1. The third kappa shape index (κ3) is 2.42. The number of rotatable bonds is 4. The Morgan fingerprint density at radius 3 is 3.12 bits per heavy atom. The van der Waals surface area contributed by atoms with E-state index in [0.717, 1.165) is 5.82 Å². The number of hydrogen-bond acceptors (Lipinski definition) is 4. The quantitative estimate of drug-likeness (QED) is 0.738. The highest BCUT2D eigenvalue weighted by Crippen LogP contribution is 2.06. The monoisotopic (exact) mass is 234 g/mol. The predicted octanol–water partition coefficient (Wildman–Crippen LogP) is 0.150. The minimum atomic E-state index is -0.165. The molecule has 17 heavy (non-hydrogen) atoms. The van der Waals surface area contributed by atoms with E-state index < -0.39 is 0 Å². The van der Waals surface area contributed by atoms with Gasteiger partial charge in [0.05, 0.1) is 0 Å². The second-order valence-corrected chi connectivity index (χ2v) is 3.72. The second-order valence-electron chi connectivity index (χ2n) is 3.72. The molecule has 0 atom stereocenters. The number of aliphatic hydroxyl groups excluding tert-OH is 1. The standard InChI is InChI=1S/C11H14N4O2/c1-8-13-14-10-7-9(3-5-15(8)10)11(17)12-4-2-6-16/h3,5,7,16H,2,4,6H2,1H3,(H,12,17). The van der Waals surface area contributed by atoms with Crippen molar-refractivity contribution in [1.82, 2.24) is 19.9 Å². The summed E-state index contributed by atoms with van der Waals surface area (Å²) < 4.78 is 1.81. The number of fused-ring (bicyclic) bond motifs is 1. The van der Waals surface area contributed by atoms with Crippen LogP contribution in [0.25, 0.3) is 5.65 Å². The van der Waals surface area contributed by atoms with Crippen LogP contribution in [0.15, 0.2) is 18.3 Å². The van der Waals surface area contributed by atoms with Gasteiger partial charge in [-0.1, -0.05) is 0 Å². The number of carbonyl (C=O) groups is 1. The summed E-state index contributed by atoms with van der Waals surface area (Å²) in [6.45, 7) is 2.38. The van der Waals surface area contributed by atoms with E-state index in [1.807, 2.05) is 11.3 Å². The molecule has 1 amide bonds. The second kappa shape index (κ2) is 4.92. The number of nitrogens with zero attached hydrogens (tertiary/aromatic N) is 3. The van der Waals surface area contributed by atoms with Crippen molar-refractivity contribution < 1.29 is 9.90 Å². The van der Waals surface area contributed by atoms with Gasteiger partial charge in [0.1, 0.15) is 5.82 Å². The SMILES string of the molecule is Cc1nnc2cc(C(=O)NCCCO)ccn12. The molecule has 90 valence electrons. The number of hydrogen-bond donors (Lipinski definition) is 2. The minimum absolute atomic E-state index is 0.0721. The number of amides is 1. The van der Waals surface area contributed by atoms with Gasteiger partial charge in [-0.3, -0.25) is 9.20 Å². The molecule has 0 radical (unpaired) electrons. The molecule has 0 aliphatic heterocycles. The lowest BCUT2D eigenvalue weighted by Crippen LogP contribution is -2.25. The van der Waals surface area contributed by atoms with Crippen LogP contribution < -0.4 is 5.32 Å². The molecule has 0 spiro atoms. The van der Waals surface area contributed by atoms with E-state index in [1.54, 1.807) is 18.3 Å². The minimum Gasteiger partial charge on any atom is -0.396 e. The van der Waals surface area contributed by atoms with E-state index >= 15 is 0 Å². The first-order valence-electron chi connectivity index (χ1n) is 5.43. The van der Waals surface area contributed by atoms with Crippen LogP contribution >= 0.6 is 0 Å². The highest BCUT2D eigenvalue weighted by molar-refractivity contribution is 5.94. The number of nitrogens with one attached hydrogen (secondary N) is 1. The Balaban J connectivity index is 2.15. The maximum atomic E-state index is 11.7. The van der Waals surface area contributed by atoms with Crippen LogP contribution in [0.4, 0.5) is 0 Å². The van der Waals surface area contributed by atoms with Crippen LogP contribution in [0.3, 0.4) is 0 Å². The smallest absolute Gasteiger partial charge is 0.251 e. The molecule has 6 nitrogen and oxygen atoms in total. The van der Waals surface area contributed by atoms with Crippen LogP contribution in [0, 0.1) is 6.92 Å². The number of carbonyl (C=O) groups excluding carboxylic acids is 1. The normalized spacial score (nSPS) is 10.7. The summed E-state index contributed by atoms with van der Waals surface area (Å²) in [4.78, 5) is 11.7. The van der Waals surface area contributed by atoms with Gasteiger partial charge < -0.3 is 10.4 Å². The first-order chi connectivity index (χ1) is 8.22. The summed E-state index contributed by atoms with van der Waals surface area (Å²) in [5.41, 5.74) is 1.19. The topological polar surface area (TPSA) is 79.5 Å². The summed E-state index contributed by atoms with van der Waals surface area (Å²) >= 11 is 0. The molecule has 0 fully saturated rings. The Hall–Kier alpha value is -1.95. The molecule has 0 saturated carbocycles. The Morgan fingerprint density at radius 2 is 2.35 bits per heavy atom. The van der Waals surface area contributed by atoms with E-state index in [0.29, 0.717) is 24.2 Å². The summed E-state index contributed by atoms with van der Waals surface area (Å²) in [6, 6.07) is 3.41. The van der Waals surface area contributed by atoms with Crippen molar-refractivity contribution in [2.75, 3.05) is 13.2 Å². The molecule has 2 rings (SSSR count). The Labute approximate surface area is 98.3 Å². The summed E-state index contributed by atoms with van der Waals surface area (Å²) in [7, 11) is 0. The van der Waals surface area contributed by atoms with Gasteiger partial charge in [-0.05, 0) is 25.5 Å². The molecule has 0 aliphatic rings. The zero-order valence-electron chi connectivity index (χ0n) is 9.55. The first kappa shape index (κ1) is 11.5. The summed E-state index contributed by atoms with van der Waals surface area (Å²) in [6.07, 6.45) is 2.32. The van der Waals surface area contributed by atoms with Gasteiger partial charge in [0.15, 0.2) is 5.65 Å². The van der Waals surface area contributed by atoms with Crippen LogP contribution in [0.1, 0.15) is 22.6 Å². The third-order valence-corrected chi connectivity index (χ3v) is 2.46. The lowest BCUT2D eigenvalue weighted by Gasteiger charge is -2.04. The van der Waals surface area contributed by atoms with Gasteiger partial charge in [0.2, 0.25) is 0 Å². The predicted molar refractivity (Wildman–Crippen MR) is 61.8 cm³/mol. The van der Waals surface area contributed by atoms with Crippen molar-refractivity contribution in [2.24, 2.45) is 0 Å². The molecule has 2 aromatic heterocycles. The Bertz CT molecular complexity index is 535. The number of aryl methyl sites for hydroxylation is 1. The highest BCUT2D eigenvalue weighted by Gasteiger charge is 2.07. The molecule has 2 heterocycles. The molecule has 6 heteroatoms. The van der Waals surface area contributed by atoms with Crippen molar-refractivity contribution in [1.29, 1.82) is 0 Å². The van der Waals surface area contributed by atoms with Gasteiger partial charge in [-0.2, -0.15) is 0 Å². The fourth-order valence-corrected chi connectivity index (χ4v) is 1.53. The number of pyridine rings is 1. The maximum absolute atomic E-state index is 11.7. The van der Waals surface area contributed by atoms with Crippen LogP contribution in [0.5, 0.6) is 0 Å². The molecular formula is C11H14N4O2. The maximum Gasteiger partial charge on any atom is 0.251 e. The van der Waals surface area contributed by atoms with Gasteiger partial charge in [-0.15, -0.1) is 10.2 Å². The largest absolute Gasteiger partial charge is 0.396 e. The van der Waals surface area contributed by atoms with Crippen molar-refractivity contribution in [3.8, 4) is 0 Å². The van der Waals surface area contributed by atoms with Crippen molar-refractivity contribution >= 4 is 11.6 Å². The summed E-state index contributed by atoms with van der Waals surface area (Å²) in [5, 5.41) is 19.2. The van der Waals surface area contributed by atoms with Gasteiger partial charge >= 0.3 is 0 Å². The van der Waals surface area contributed by atoms with Gasteiger partial charge in [-0.25, -0.2) is 0 Å². The van der Waals surface area contributed by atoms with Crippen molar-refractivity contribution in [3.63, 3.8) is 0 Å². The fourth-order valence-electron chi connectivity index (χ4n) is 1.53. The molecule has 0 aliphatic carbocycles. The van der Waals surface area contributed by atoms with E-state index in [4.69, 9.17) is 5.11 Å². The molecule has 2 aromatic rings. The van der Waals surface area contributed by atoms with Gasteiger partial charge in [0, 0.05) is 24.9 Å². The molecule has 0 saturated heterocycles. The highest BCUT2D eigenvalue weighted by atomic mass is 16.3. The Kier molecular flexibility index (Phi) is 3.34. The van der Waals surface area contributed by atoms with Crippen LogP contribution in [-0.2, 0) is 0 Å². The van der Waals surface area contributed by atoms with E-state index in [-0.39, 0.29) is 12.5 Å². The molecule has 2 N–H and O–H groups in total. The molecule has 0 aromatic carbocycles. The molecule has 0 unspecified atom stereocenters. The molecule has 0 bridgehead atoms. The van der Waals surface area contributed by atoms with Crippen LogP contribution in [-0.4, -0.2) is 38.8 Å². The van der Waals surface area contributed by atoms with E-state index in [2.05, 4.69) is 15.5 Å². The fraction of sp³-hybridized carbons (Fsp3) is 0.364. The zero-order valence-corrected chi connectivity index (χ0v) is 9.55. The molecular weight excluding hydrogens is 220 g/mol. The zero-order chi connectivity index (χ0) is 12.3. The average molecular weight is 234 g/mol. The van der Waals surface area contributed by atoms with Crippen LogP contribution in [0.2, 0.25) is 0 Å².